The average molecular weight is 524 g/mol. The van der Waals surface area contributed by atoms with Crippen molar-refractivity contribution in [2.75, 3.05) is 14.1 Å². The molecule has 0 radical (unpaired) electrons. The van der Waals surface area contributed by atoms with E-state index in [0.717, 1.165) is 27.8 Å². The molecule has 5 atom stereocenters. The van der Waals surface area contributed by atoms with E-state index >= 15 is 8.78 Å². The van der Waals surface area contributed by atoms with Crippen LogP contribution in [0, 0.1) is 17.3 Å². The first kappa shape index (κ1) is 26.5. The van der Waals surface area contributed by atoms with Crippen LogP contribution in [-0.2, 0) is 11.3 Å². The van der Waals surface area contributed by atoms with E-state index in [4.69, 9.17) is 0 Å². The second-order valence-corrected chi connectivity index (χ2v) is 11.9. The van der Waals surface area contributed by atoms with E-state index in [9.17, 15) is 23.1 Å². The number of allylic oxidation sites excluding steroid dienone is 4. The highest BCUT2D eigenvalue weighted by Crippen LogP contribution is 2.70. The van der Waals surface area contributed by atoms with Crippen LogP contribution in [0.25, 0.3) is 0 Å². The summed E-state index contributed by atoms with van der Waals surface area (Å²) in [5, 5.41) is 11.3. The van der Waals surface area contributed by atoms with Crippen LogP contribution in [-0.4, -0.2) is 47.6 Å². The molecule has 4 unspecified atom stereocenters. The lowest BCUT2D eigenvalue weighted by molar-refractivity contribution is -0.362. The third kappa shape index (κ3) is 3.92. The molecule has 0 bridgehead atoms. The van der Waals surface area contributed by atoms with Crippen molar-refractivity contribution in [1.82, 2.24) is 4.90 Å². The molecule has 1 aromatic carbocycles. The maximum atomic E-state index is 15.0. The summed E-state index contributed by atoms with van der Waals surface area (Å²) in [6.07, 6.45) is -2.49. The van der Waals surface area contributed by atoms with Crippen LogP contribution in [0.5, 0.6) is 0 Å². The third-order valence-corrected chi connectivity index (χ3v) is 9.64. The van der Waals surface area contributed by atoms with Gasteiger partial charge in [-0.25, -0.2) is 0 Å². The van der Waals surface area contributed by atoms with Gasteiger partial charge in [0.15, 0.2) is 5.78 Å². The zero-order valence-electron chi connectivity index (χ0n) is 21.5. The number of carbonyl (C=O) groups is 1. The first-order chi connectivity index (χ1) is 17.2. The van der Waals surface area contributed by atoms with Gasteiger partial charge in [0.2, 0.25) is 0 Å². The highest BCUT2D eigenvalue weighted by Gasteiger charge is 2.79. The minimum Gasteiger partial charge on any atom is -0.383 e. The average Bonchev–Trinajstić information content (AvgIpc) is 3.09. The van der Waals surface area contributed by atoms with Gasteiger partial charge in [-0.1, -0.05) is 36.8 Å². The minimum atomic E-state index is -5.84. The van der Waals surface area contributed by atoms with Crippen molar-refractivity contribution < 1.29 is 31.9 Å². The van der Waals surface area contributed by atoms with E-state index in [2.05, 4.69) is 0 Å². The summed E-state index contributed by atoms with van der Waals surface area (Å²) in [6, 6.07) is 7.83. The summed E-state index contributed by atoms with van der Waals surface area (Å²) >= 11 is 0. The smallest absolute Gasteiger partial charge is 0.383 e. The largest absolute Gasteiger partial charge is 0.456 e. The third-order valence-electron chi connectivity index (χ3n) is 9.64. The molecule has 0 aliphatic heterocycles. The van der Waals surface area contributed by atoms with E-state index in [-0.39, 0.29) is 24.5 Å². The molecule has 0 aromatic heterocycles. The van der Waals surface area contributed by atoms with Crippen LogP contribution in [0.2, 0.25) is 0 Å². The van der Waals surface area contributed by atoms with Gasteiger partial charge in [-0.05, 0) is 92.8 Å². The summed E-state index contributed by atoms with van der Waals surface area (Å²) in [6.45, 7) is 2.17. The Morgan fingerprint density at radius 3 is 2.32 bits per heavy atom. The van der Waals surface area contributed by atoms with Crippen LogP contribution in [0.4, 0.5) is 22.0 Å². The van der Waals surface area contributed by atoms with Crippen molar-refractivity contribution in [3.63, 3.8) is 0 Å². The lowest BCUT2D eigenvalue weighted by atomic mass is 9.50. The molecule has 0 amide bonds. The van der Waals surface area contributed by atoms with Gasteiger partial charge in [0.1, 0.15) is 5.60 Å². The number of hydrogen-bond donors (Lipinski definition) is 1. The van der Waals surface area contributed by atoms with Crippen molar-refractivity contribution in [2.45, 2.75) is 82.0 Å². The minimum absolute atomic E-state index is 0.00340. The van der Waals surface area contributed by atoms with Gasteiger partial charge < -0.3 is 10.0 Å². The Bertz CT molecular complexity index is 1150. The predicted molar refractivity (Wildman–Crippen MR) is 130 cm³/mol. The normalized spacial score (nSPS) is 34.3. The fourth-order valence-electron chi connectivity index (χ4n) is 7.93. The number of benzene rings is 1. The number of hydrogen-bond acceptors (Lipinski definition) is 3. The van der Waals surface area contributed by atoms with Crippen LogP contribution >= 0.6 is 0 Å². The monoisotopic (exact) mass is 523 g/mol. The maximum absolute atomic E-state index is 15.0. The molecule has 8 heteroatoms. The van der Waals surface area contributed by atoms with E-state index < -0.39 is 41.4 Å². The van der Waals surface area contributed by atoms with E-state index in [1.165, 1.54) is 6.92 Å². The molecular weight excluding hydrogens is 489 g/mol. The highest BCUT2D eigenvalue weighted by atomic mass is 19.4. The molecule has 0 spiro atoms. The summed E-state index contributed by atoms with van der Waals surface area (Å²) in [5.74, 6) is -6.24. The van der Waals surface area contributed by atoms with Gasteiger partial charge in [0.25, 0.3) is 0 Å². The lowest BCUT2D eigenvalue weighted by Gasteiger charge is -2.56. The van der Waals surface area contributed by atoms with Crippen LogP contribution in [0.1, 0.15) is 68.9 Å². The number of aliphatic hydroxyl groups is 1. The molecule has 2 saturated carbocycles. The molecule has 0 heterocycles. The van der Waals surface area contributed by atoms with Gasteiger partial charge in [-0.2, -0.15) is 22.0 Å². The quantitative estimate of drug-likeness (QED) is 0.454. The number of alkyl halides is 5. The van der Waals surface area contributed by atoms with Gasteiger partial charge in [0, 0.05) is 24.3 Å². The van der Waals surface area contributed by atoms with Crippen molar-refractivity contribution >= 4 is 5.78 Å². The molecule has 37 heavy (non-hydrogen) atoms. The number of fused-ring (bicyclic) bond motifs is 4. The molecule has 2 fully saturated rings. The van der Waals surface area contributed by atoms with E-state index in [1.807, 2.05) is 43.3 Å². The summed E-state index contributed by atoms with van der Waals surface area (Å²) < 4.78 is 71.0. The standard InChI is InChI=1S/C29H34F5NO2/c1-26-15-23(18-6-4-17(5-7-18)16-35(2)3)25-21-11-9-20(36)14-19(21)8-10-22(25)24(26)12-13-27(26,37)28(30,31)29(32,33)34/h4-7,14,22-24,37H,8-13,15-16H2,1-3H3/t22?,23?,24?,26?,27-/m0/s1. The van der Waals surface area contributed by atoms with Crippen LogP contribution in [0.3, 0.4) is 0 Å². The van der Waals surface area contributed by atoms with Crippen LogP contribution in [0.15, 0.2) is 47.1 Å². The number of carbonyl (C=O) groups excluding carboxylic acids is 1. The fraction of sp³-hybridized carbons (Fsp3) is 0.621. The highest BCUT2D eigenvalue weighted by molar-refractivity contribution is 5.93. The van der Waals surface area contributed by atoms with Crippen molar-refractivity contribution in [3.8, 4) is 0 Å². The van der Waals surface area contributed by atoms with Gasteiger partial charge in [0.05, 0.1) is 0 Å². The molecule has 1 aromatic rings. The Hall–Kier alpha value is -2.06. The number of nitrogens with zero attached hydrogens (tertiary/aromatic N) is 1. The van der Waals surface area contributed by atoms with Crippen molar-refractivity contribution in [2.24, 2.45) is 17.3 Å². The number of halogens is 5. The van der Waals surface area contributed by atoms with Gasteiger partial charge >= 0.3 is 12.1 Å². The Labute approximate surface area is 214 Å². The summed E-state index contributed by atoms with van der Waals surface area (Å²) in [5.41, 5.74) is 0.272. The zero-order chi connectivity index (χ0) is 27.0. The lowest BCUT2D eigenvalue weighted by Crippen LogP contribution is -2.65. The molecular formula is C29H34F5NO2. The molecule has 4 aliphatic rings. The molecule has 5 rings (SSSR count). The van der Waals surface area contributed by atoms with Crippen molar-refractivity contribution in [1.29, 1.82) is 0 Å². The van der Waals surface area contributed by atoms with Crippen molar-refractivity contribution in [3.05, 3.63) is 58.2 Å². The first-order valence-electron chi connectivity index (χ1n) is 13.1. The molecule has 1 N–H and O–H groups in total. The SMILES string of the molecule is CN(C)Cc1ccc(C2CC3(C)C(CC[C@@]3(O)C(F)(F)C(F)(F)F)C3CCC4=CC(=O)CCC4=C23)cc1. The Morgan fingerprint density at radius 2 is 1.70 bits per heavy atom. The molecule has 202 valence electrons. The summed E-state index contributed by atoms with van der Waals surface area (Å²) in [7, 11) is 3.91. The second-order valence-electron chi connectivity index (χ2n) is 11.9. The fourth-order valence-corrected chi connectivity index (χ4v) is 7.93. The number of rotatable bonds is 4. The topological polar surface area (TPSA) is 40.5 Å². The predicted octanol–water partition coefficient (Wildman–Crippen LogP) is 6.58. The molecule has 4 aliphatic carbocycles. The van der Waals surface area contributed by atoms with Gasteiger partial charge in [-0.15, -0.1) is 0 Å². The second kappa shape index (κ2) is 8.73. The summed E-state index contributed by atoms with van der Waals surface area (Å²) in [4.78, 5) is 14.2. The Kier molecular flexibility index (Phi) is 6.26. The molecule has 0 saturated heterocycles. The zero-order valence-corrected chi connectivity index (χ0v) is 21.5. The first-order valence-corrected chi connectivity index (χ1v) is 13.1. The Morgan fingerprint density at radius 1 is 1.03 bits per heavy atom. The maximum Gasteiger partial charge on any atom is 0.456 e. The van der Waals surface area contributed by atoms with Crippen LogP contribution < -0.4 is 0 Å². The van der Waals surface area contributed by atoms with E-state index in [0.29, 0.717) is 32.2 Å². The Balaban J connectivity index is 1.65. The number of ketones is 1. The van der Waals surface area contributed by atoms with E-state index in [1.54, 1.807) is 6.08 Å². The molecule has 3 nitrogen and oxygen atoms in total. The van der Waals surface area contributed by atoms with Gasteiger partial charge in [-0.3, -0.25) is 4.79 Å².